The van der Waals surface area contributed by atoms with Gasteiger partial charge in [-0.15, -0.1) is 12.3 Å². The van der Waals surface area contributed by atoms with E-state index in [0.717, 1.165) is 0 Å². The van der Waals surface area contributed by atoms with Crippen LogP contribution in [-0.4, -0.2) is 21.9 Å². The molecule has 2 nitrogen and oxygen atoms in total. The monoisotopic (exact) mass is 182 g/mol. The molecule has 0 aliphatic carbocycles. The standard InChI is InChI=1S/C11H18O2/c1-6-7-11(12)8-9(2,3)13-10(11,4)5/h1,12H,7-8H2,2-5H3. The predicted molar refractivity (Wildman–Crippen MR) is 52.3 cm³/mol. The van der Waals surface area contributed by atoms with Crippen molar-refractivity contribution >= 4 is 0 Å². The van der Waals surface area contributed by atoms with Gasteiger partial charge in [0.25, 0.3) is 0 Å². The molecule has 74 valence electrons. The summed E-state index contributed by atoms with van der Waals surface area (Å²) in [7, 11) is 0. The number of ether oxygens (including phenoxy) is 1. The van der Waals surface area contributed by atoms with Crippen molar-refractivity contribution in [2.24, 2.45) is 0 Å². The van der Waals surface area contributed by atoms with Crippen LogP contribution in [0.1, 0.15) is 40.5 Å². The first-order valence-corrected chi connectivity index (χ1v) is 4.58. The van der Waals surface area contributed by atoms with E-state index < -0.39 is 11.2 Å². The van der Waals surface area contributed by atoms with Gasteiger partial charge in [-0.1, -0.05) is 0 Å². The summed E-state index contributed by atoms with van der Waals surface area (Å²) in [6.07, 6.45) is 6.18. The van der Waals surface area contributed by atoms with Gasteiger partial charge in [0.2, 0.25) is 0 Å². The van der Waals surface area contributed by atoms with Crippen LogP contribution in [-0.2, 0) is 4.74 Å². The first kappa shape index (κ1) is 10.6. The Morgan fingerprint density at radius 3 is 2.23 bits per heavy atom. The first-order chi connectivity index (χ1) is 5.72. The van der Waals surface area contributed by atoms with E-state index in [1.165, 1.54) is 0 Å². The summed E-state index contributed by atoms with van der Waals surface area (Å²) in [6, 6.07) is 0. The maximum atomic E-state index is 10.3. The Labute approximate surface area is 80.3 Å². The van der Waals surface area contributed by atoms with E-state index in [9.17, 15) is 5.11 Å². The van der Waals surface area contributed by atoms with Gasteiger partial charge in [0, 0.05) is 12.8 Å². The summed E-state index contributed by atoms with van der Waals surface area (Å²) >= 11 is 0. The average molecular weight is 182 g/mol. The van der Waals surface area contributed by atoms with Gasteiger partial charge in [-0.25, -0.2) is 0 Å². The van der Waals surface area contributed by atoms with Crippen molar-refractivity contribution in [3.05, 3.63) is 0 Å². The zero-order valence-electron chi connectivity index (χ0n) is 8.85. The fraction of sp³-hybridized carbons (Fsp3) is 0.818. The van der Waals surface area contributed by atoms with E-state index in [2.05, 4.69) is 5.92 Å². The summed E-state index contributed by atoms with van der Waals surface area (Å²) in [5, 5.41) is 10.3. The van der Waals surface area contributed by atoms with Crippen molar-refractivity contribution in [1.29, 1.82) is 0 Å². The summed E-state index contributed by atoms with van der Waals surface area (Å²) in [5.41, 5.74) is -1.72. The number of terminal acetylenes is 1. The van der Waals surface area contributed by atoms with E-state index in [-0.39, 0.29) is 5.60 Å². The van der Waals surface area contributed by atoms with Crippen molar-refractivity contribution in [3.63, 3.8) is 0 Å². The molecule has 0 bridgehead atoms. The van der Waals surface area contributed by atoms with Crippen LogP contribution in [0.5, 0.6) is 0 Å². The van der Waals surface area contributed by atoms with Gasteiger partial charge in [-0.3, -0.25) is 0 Å². The SMILES string of the molecule is C#CCC1(O)CC(C)(C)OC1(C)C. The second-order valence-corrected chi connectivity index (χ2v) is 4.96. The highest BCUT2D eigenvalue weighted by Crippen LogP contribution is 2.46. The number of rotatable bonds is 1. The van der Waals surface area contributed by atoms with Gasteiger partial charge in [0.05, 0.1) is 11.2 Å². The Morgan fingerprint density at radius 2 is 1.92 bits per heavy atom. The molecule has 1 aliphatic rings. The van der Waals surface area contributed by atoms with Gasteiger partial charge in [0.1, 0.15) is 5.60 Å². The molecule has 0 aromatic rings. The zero-order chi connectivity index (χ0) is 10.3. The summed E-state index contributed by atoms with van der Waals surface area (Å²) in [5.74, 6) is 2.51. The van der Waals surface area contributed by atoms with E-state index in [0.29, 0.717) is 12.8 Å². The first-order valence-electron chi connectivity index (χ1n) is 4.58. The summed E-state index contributed by atoms with van der Waals surface area (Å²) in [4.78, 5) is 0. The molecular weight excluding hydrogens is 164 g/mol. The van der Waals surface area contributed by atoms with Crippen LogP contribution in [0.3, 0.4) is 0 Å². The summed E-state index contributed by atoms with van der Waals surface area (Å²) in [6.45, 7) is 7.73. The lowest BCUT2D eigenvalue weighted by Crippen LogP contribution is -2.45. The molecule has 1 atom stereocenters. The molecule has 1 rings (SSSR count). The lowest BCUT2D eigenvalue weighted by Gasteiger charge is -2.33. The molecule has 0 spiro atoms. The van der Waals surface area contributed by atoms with Gasteiger partial charge < -0.3 is 9.84 Å². The summed E-state index contributed by atoms with van der Waals surface area (Å²) < 4.78 is 5.76. The quantitative estimate of drug-likeness (QED) is 0.626. The molecule has 0 saturated carbocycles. The van der Waals surface area contributed by atoms with Crippen molar-refractivity contribution in [2.45, 2.75) is 57.3 Å². The maximum absolute atomic E-state index is 10.3. The van der Waals surface area contributed by atoms with E-state index in [1.807, 2.05) is 27.7 Å². The smallest absolute Gasteiger partial charge is 0.107 e. The van der Waals surface area contributed by atoms with Crippen LogP contribution in [0.4, 0.5) is 0 Å². The third-order valence-corrected chi connectivity index (χ3v) is 2.76. The minimum absolute atomic E-state index is 0.283. The molecule has 1 unspecified atom stereocenters. The lowest BCUT2D eigenvalue weighted by atomic mass is 9.80. The van der Waals surface area contributed by atoms with Crippen LogP contribution in [0, 0.1) is 12.3 Å². The highest BCUT2D eigenvalue weighted by atomic mass is 16.5. The normalized spacial score (nSPS) is 35.7. The molecule has 0 aromatic heterocycles. The van der Waals surface area contributed by atoms with Gasteiger partial charge >= 0.3 is 0 Å². The van der Waals surface area contributed by atoms with Crippen molar-refractivity contribution < 1.29 is 9.84 Å². The second-order valence-electron chi connectivity index (χ2n) is 4.96. The van der Waals surface area contributed by atoms with Gasteiger partial charge in [-0.05, 0) is 27.7 Å². The van der Waals surface area contributed by atoms with Crippen molar-refractivity contribution in [2.75, 3.05) is 0 Å². The molecule has 0 amide bonds. The maximum Gasteiger partial charge on any atom is 0.107 e. The Bertz CT molecular complexity index is 247. The fourth-order valence-electron chi connectivity index (χ4n) is 2.18. The Balaban J connectivity index is 2.94. The van der Waals surface area contributed by atoms with Crippen LogP contribution < -0.4 is 0 Å². The van der Waals surface area contributed by atoms with E-state index in [1.54, 1.807) is 0 Å². The van der Waals surface area contributed by atoms with Gasteiger partial charge in [-0.2, -0.15) is 0 Å². The Hall–Kier alpha value is -0.520. The highest BCUT2D eigenvalue weighted by molar-refractivity contribution is 5.11. The molecule has 0 radical (unpaired) electrons. The third kappa shape index (κ3) is 1.72. The lowest BCUT2D eigenvalue weighted by molar-refractivity contribution is -0.124. The molecule has 1 fully saturated rings. The topological polar surface area (TPSA) is 29.5 Å². The zero-order valence-corrected chi connectivity index (χ0v) is 8.85. The van der Waals surface area contributed by atoms with Gasteiger partial charge in [0.15, 0.2) is 0 Å². The molecule has 13 heavy (non-hydrogen) atoms. The Morgan fingerprint density at radius 1 is 1.38 bits per heavy atom. The fourth-order valence-corrected chi connectivity index (χ4v) is 2.18. The van der Waals surface area contributed by atoms with Crippen molar-refractivity contribution in [3.8, 4) is 12.3 Å². The minimum Gasteiger partial charge on any atom is -0.386 e. The molecule has 1 heterocycles. The van der Waals surface area contributed by atoms with Crippen LogP contribution in [0.2, 0.25) is 0 Å². The second kappa shape index (κ2) is 2.73. The van der Waals surface area contributed by atoms with Crippen LogP contribution in [0.25, 0.3) is 0 Å². The molecular formula is C11H18O2. The largest absolute Gasteiger partial charge is 0.386 e. The molecule has 1 aliphatic heterocycles. The minimum atomic E-state index is -0.884. The predicted octanol–water partition coefficient (Wildman–Crippen LogP) is 1.72. The average Bonchev–Trinajstić information content (AvgIpc) is 1.96. The molecule has 1 saturated heterocycles. The van der Waals surface area contributed by atoms with Crippen LogP contribution in [0.15, 0.2) is 0 Å². The Kier molecular flexibility index (Phi) is 2.22. The molecule has 0 aromatic carbocycles. The number of aliphatic hydroxyl groups is 1. The van der Waals surface area contributed by atoms with E-state index >= 15 is 0 Å². The highest BCUT2D eigenvalue weighted by Gasteiger charge is 2.55. The third-order valence-electron chi connectivity index (χ3n) is 2.76. The number of hydrogen-bond donors (Lipinski definition) is 1. The van der Waals surface area contributed by atoms with Crippen LogP contribution >= 0.6 is 0 Å². The van der Waals surface area contributed by atoms with Crippen molar-refractivity contribution in [1.82, 2.24) is 0 Å². The molecule has 1 N–H and O–H groups in total. The number of hydrogen-bond acceptors (Lipinski definition) is 2. The van der Waals surface area contributed by atoms with E-state index in [4.69, 9.17) is 11.2 Å². The molecule has 2 heteroatoms.